The molecule has 3 nitrogen and oxygen atoms in total. The molecule has 1 aliphatic carbocycles. The molecule has 0 saturated heterocycles. The van der Waals surface area contributed by atoms with Gasteiger partial charge in [-0.1, -0.05) is 6.07 Å². The van der Waals surface area contributed by atoms with Gasteiger partial charge in [0, 0.05) is 29.9 Å². The van der Waals surface area contributed by atoms with E-state index in [2.05, 4.69) is 34.6 Å². The molecule has 0 spiro atoms. The number of benzene rings is 1. The maximum absolute atomic E-state index is 5.94. The van der Waals surface area contributed by atoms with E-state index in [1.54, 1.807) is 0 Å². The summed E-state index contributed by atoms with van der Waals surface area (Å²) < 4.78 is 0. The van der Waals surface area contributed by atoms with E-state index in [1.165, 1.54) is 36.8 Å². The summed E-state index contributed by atoms with van der Waals surface area (Å²) in [5.41, 5.74) is 8.18. The summed E-state index contributed by atoms with van der Waals surface area (Å²) in [6, 6.07) is 10.9. The van der Waals surface area contributed by atoms with Crippen molar-refractivity contribution in [3.05, 3.63) is 36.5 Å². The number of rotatable bonds is 3. The van der Waals surface area contributed by atoms with Crippen molar-refractivity contribution in [2.24, 2.45) is 11.7 Å². The molecule has 19 heavy (non-hydrogen) atoms. The van der Waals surface area contributed by atoms with Crippen LogP contribution in [0.1, 0.15) is 25.7 Å². The first kappa shape index (κ1) is 12.4. The molecule has 3 rings (SSSR count). The molecule has 0 aliphatic heterocycles. The van der Waals surface area contributed by atoms with Gasteiger partial charge in [0.05, 0.1) is 5.52 Å². The van der Waals surface area contributed by atoms with Crippen molar-refractivity contribution in [3.8, 4) is 0 Å². The average molecular weight is 255 g/mol. The topological polar surface area (TPSA) is 50.9 Å². The fourth-order valence-corrected chi connectivity index (χ4v) is 2.84. The van der Waals surface area contributed by atoms with Gasteiger partial charge < -0.3 is 11.1 Å². The summed E-state index contributed by atoms with van der Waals surface area (Å²) in [4.78, 5) is 4.34. The van der Waals surface area contributed by atoms with Gasteiger partial charge in [-0.2, -0.15) is 0 Å². The third-order valence-electron chi connectivity index (χ3n) is 4.09. The highest BCUT2D eigenvalue weighted by atomic mass is 14.9. The van der Waals surface area contributed by atoms with Gasteiger partial charge in [-0.05, 0) is 55.9 Å². The Bertz CT molecular complexity index is 544. The monoisotopic (exact) mass is 255 g/mol. The van der Waals surface area contributed by atoms with E-state index in [0.29, 0.717) is 6.04 Å². The second-order valence-electron chi connectivity index (χ2n) is 5.57. The predicted octanol–water partition coefficient (Wildman–Crippen LogP) is 3.16. The molecular formula is C16H21N3. The maximum Gasteiger partial charge on any atom is 0.0703 e. The SMILES string of the molecule is N[C@H]1CC[C@H](CNc2ccc3ncccc3c2)CC1. The standard InChI is InChI=1S/C16H21N3/c17-14-5-3-12(4-6-14)11-19-15-7-8-16-13(10-15)2-1-9-18-16/h1-2,7-10,12,14,19H,3-6,11,17H2/t12-,14-. The quantitative estimate of drug-likeness (QED) is 0.885. The van der Waals surface area contributed by atoms with Crippen LogP contribution in [0.2, 0.25) is 0 Å². The number of hydrogen-bond donors (Lipinski definition) is 2. The lowest BCUT2D eigenvalue weighted by molar-refractivity contribution is 0.339. The molecule has 0 unspecified atom stereocenters. The molecule has 1 fully saturated rings. The molecule has 100 valence electrons. The molecular weight excluding hydrogens is 234 g/mol. The third kappa shape index (κ3) is 3.04. The number of pyridine rings is 1. The Morgan fingerprint density at radius 3 is 2.84 bits per heavy atom. The fourth-order valence-electron chi connectivity index (χ4n) is 2.84. The van der Waals surface area contributed by atoms with E-state index in [4.69, 9.17) is 5.73 Å². The zero-order valence-electron chi connectivity index (χ0n) is 11.2. The molecule has 0 amide bonds. The molecule has 0 atom stereocenters. The summed E-state index contributed by atoms with van der Waals surface area (Å²) >= 11 is 0. The third-order valence-corrected chi connectivity index (χ3v) is 4.09. The molecule has 2 aromatic rings. The molecule has 1 aliphatic rings. The van der Waals surface area contributed by atoms with E-state index in [1.807, 2.05) is 12.3 Å². The van der Waals surface area contributed by atoms with Crippen molar-refractivity contribution >= 4 is 16.6 Å². The normalized spacial score (nSPS) is 23.4. The van der Waals surface area contributed by atoms with Crippen molar-refractivity contribution in [2.75, 3.05) is 11.9 Å². The summed E-state index contributed by atoms with van der Waals surface area (Å²) in [7, 11) is 0. The summed E-state index contributed by atoms with van der Waals surface area (Å²) in [5, 5.41) is 4.75. The smallest absolute Gasteiger partial charge is 0.0703 e. The van der Waals surface area contributed by atoms with Crippen LogP contribution in [0.4, 0.5) is 5.69 Å². The lowest BCUT2D eigenvalue weighted by Crippen LogP contribution is -2.29. The van der Waals surface area contributed by atoms with E-state index >= 15 is 0 Å². The van der Waals surface area contributed by atoms with Crippen LogP contribution in [0.3, 0.4) is 0 Å². The Hall–Kier alpha value is -1.61. The van der Waals surface area contributed by atoms with Gasteiger partial charge in [0.25, 0.3) is 0 Å². The highest BCUT2D eigenvalue weighted by Gasteiger charge is 2.17. The van der Waals surface area contributed by atoms with E-state index < -0.39 is 0 Å². The molecule has 1 saturated carbocycles. The first-order valence-electron chi connectivity index (χ1n) is 7.15. The summed E-state index contributed by atoms with van der Waals surface area (Å²) in [6.07, 6.45) is 6.69. The van der Waals surface area contributed by atoms with Gasteiger partial charge in [0.2, 0.25) is 0 Å². The zero-order valence-corrected chi connectivity index (χ0v) is 11.2. The Morgan fingerprint density at radius 1 is 1.16 bits per heavy atom. The van der Waals surface area contributed by atoms with Gasteiger partial charge in [-0.3, -0.25) is 4.98 Å². The molecule has 1 heterocycles. The van der Waals surface area contributed by atoms with Crippen LogP contribution in [-0.4, -0.2) is 17.6 Å². The van der Waals surface area contributed by atoms with Crippen molar-refractivity contribution in [1.29, 1.82) is 0 Å². The van der Waals surface area contributed by atoms with Crippen LogP contribution in [0.25, 0.3) is 10.9 Å². The number of anilines is 1. The van der Waals surface area contributed by atoms with Crippen LogP contribution in [0.15, 0.2) is 36.5 Å². The van der Waals surface area contributed by atoms with Crippen LogP contribution >= 0.6 is 0 Å². The summed E-state index contributed by atoms with van der Waals surface area (Å²) in [5.74, 6) is 0.768. The van der Waals surface area contributed by atoms with Crippen LogP contribution < -0.4 is 11.1 Å². The number of fused-ring (bicyclic) bond motifs is 1. The number of nitrogens with two attached hydrogens (primary N) is 1. The lowest BCUT2D eigenvalue weighted by Gasteiger charge is -2.26. The minimum atomic E-state index is 0.433. The van der Waals surface area contributed by atoms with Crippen molar-refractivity contribution in [2.45, 2.75) is 31.7 Å². The van der Waals surface area contributed by atoms with Gasteiger partial charge >= 0.3 is 0 Å². The van der Waals surface area contributed by atoms with E-state index in [0.717, 1.165) is 18.0 Å². The minimum absolute atomic E-state index is 0.433. The molecule has 3 heteroatoms. The Morgan fingerprint density at radius 2 is 2.00 bits per heavy atom. The first-order chi connectivity index (χ1) is 9.31. The highest BCUT2D eigenvalue weighted by molar-refractivity contribution is 5.82. The highest BCUT2D eigenvalue weighted by Crippen LogP contribution is 2.24. The second-order valence-corrected chi connectivity index (χ2v) is 5.57. The van der Waals surface area contributed by atoms with Crippen molar-refractivity contribution in [1.82, 2.24) is 4.98 Å². The van der Waals surface area contributed by atoms with E-state index in [-0.39, 0.29) is 0 Å². The lowest BCUT2D eigenvalue weighted by atomic mass is 9.86. The number of hydrogen-bond acceptors (Lipinski definition) is 3. The molecule has 1 aromatic heterocycles. The van der Waals surface area contributed by atoms with E-state index in [9.17, 15) is 0 Å². The van der Waals surface area contributed by atoms with Crippen molar-refractivity contribution in [3.63, 3.8) is 0 Å². The van der Waals surface area contributed by atoms with Crippen LogP contribution in [-0.2, 0) is 0 Å². The van der Waals surface area contributed by atoms with Crippen LogP contribution in [0.5, 0.6) is 0 Å². The number of nitrogens with zero attached hydrogens (tertiary/aromatic N) is 1. The molecule has 0 radical (unpaired) electrons. The van der Waals surface area contributed by atoms with Gasteiger partial charge in [-0.15, -0.1) is 0 Å². The van der Waals surface area contributed by atoms with Gasteiger partial charge in [0.15, 0.2) is 0 Å². The molecule has 1 aromatic carbocycles. The Balaban J connectivity index is 1.62. The Kier molecular flexibility index (Phi) is 3.65. The fraction of sp³-hybridized carbons (Fsp3) is 0.438. The second kappa shape index (κ2) is 5.57. The zero-order chi connectivity index (χ0) is 13.1. The first-order valence-corrected chi connectivity index (χ1v) is 7.15. The molecule has 3 N–H and O–H groups in total. The van der Waals surface area contributed by atoms with Crippen molar-refractivity contribution < 1.29 is 0 Å². The van der Waals surface area contributed by atoms with Gasteiger partial charge in [0.1, 0.15) is 0 Å². The average Bonchev–Trinajstić information content (AvgIpc) is 2.46. The summed E-state index contributed by atoms with van der Waals surface area (Å²) in [6.45, 7) is 1.05. The Labute approximate surface area is 114 Å². The largest absolute Gasteiger partial charge is 0.385 e. The predicted molar refractivity (Wildman–Crippen MR) is 80.2 cm³/mol. The number of aromatic nitrogens is 1. The number of nitrogens with one attached hydrogen (secondary N) is 1. The molecule has 0 bridgehead atoms. The van der Waals surface area contributed by atoms with Crippen LogP contribution in [0, 0.1) is 5.92 Å². The maximum atomic E-state index is 5.94. The minimum Gasteiger partial charge on any atom is -0.385 e. The van der Waals surface area contributed by atoms with Gasteiger partial charge in [-0.25, -0.2) is 0 Å².